The number of amides is 1. The summed E-state index contributed by atoms with van der Waals surface area (Å²) >= 11 is 1.41. The molecule has 8 nitrogen and oxygen atoms in total. The van der Waals surface area contributed by atoms with Crippen LogP contribution in [-0.4, -0.2) is 48.5 Å². The summed E-state index contributed by atoms with van der Waals surface area (Å²) in [6.07, 6.45) is 3.34. The summed E-state index contributed by atoms with van der Waals surface area (Å²) in [5.41, 5.74) is 0.801. The van der Waals surface area contributed by atoms with Crippen LogP contribution in [0.2, 0.25) is 0 Å². The maximum absolute atomic E-state index is 13.1. The first-order chi connectivity index (χ1) is 15.5. The zero-order valence-electron chi connectivity index (χ0n) is 17.4. The van der Waals surface area contributed by atoms with Gasteiger partial charge in [-0.25, -0.2) is 13.4 Å². The minimum Gasteiger partial charge on any atom is -0.497 e. The van der Waals surface area contributed by atoms with Gasteiger partial charge in [-0.2, -0.15) is 5.10 Å². The molecule has 0 aliphatic heterocycles. The lowest BCUT2D eigenvalue weighted by Crippen LogP contribution is -2.35. The summed E-state index contributed by atoms with van der Waals surface area (Å²) in [5, 5.41) is 4.73. The van der Waals surface area contributed by atoms with Gasteiger partial charge in [0.05, 0.1) is 34.5 Å². The van der Waals surface area contributed by atoms with Crippen LogP contribution in [0.4, 0.5) is 5.13 Å². The summed E-state index contributed by atoms with van der Waals surface area (Å²) < 4.78 is 33.2. The van der Waals surface area contributed by atoms with Crippen molar-refractivity contribution < 1.29 is 17.9 Å². The number of fused-ring (bicyclic) bond motifs is 1. The van der Waals surface area contributed by atoms with Gasteiger partial charge in [-0.05, 0) is 42.5 Å². The van der Waals surface area contributed by atoms with Crippen LogP contribution < -0.4 is 9.64 Å². The molecule has 4 rings (SSSR count). The van der Waals surface area contributed by atoms with Crippen LogP contribution in [0.25, 0.3) is 10.2 Å². The summed E-state index contributed by atoms with van der Waals surface area (Å²) in [6, 6.07) is 15.6. The zero-order valence-corrected chi connectivity index (χ0v) is 19.1. The Bertz CT molecular complexity index is 1270. The third-order valence-electron chi connectivity index (χ3n) is 4.93. The molecular formula is C22H22N4O4S2. The molecule has 166 valence electrons. The van der Waals surface area contributed by atoms with Gasteiger partial charge in [-0.3, -0.25) is 14.4 Å². The van der Waals surface area contributed by atoms with Crippen LogP contribution >= 0.6 is 11.3 Å². The van der Waals surface area contributed by atoms with Crippen molar-refractivity contribution in [2.75, 3.05) is 24.3 Å². The summed E-state index contributed by atoms with van der Waals surface area (Å²) in [6.45, 7) is 0.808. The number of benzene rings is 2. The maximum atomic E-state index is 13.1. The number of sulfone groups is 1. The van der Waals surface area contributed by atoms with Crippen LogP contribution in [-0.2, 0) is 21.2 Å². The molecule has 10 heteroatoms. The highest BCUT2D eigenvalue weighted by atomic mass is 32.2. The average Bonchev–Trinajstić information content (AvgIpc) is 3.48. The van der Waals surface area contributed by atoms with Crippen LogP contribution in [0.3, 0.4) is 0 Å². The third kappa shape index (κ3) is 4.97. The first kappa shape index (κ1) is 22.0. The van der Waals surface area contributed by atoms with Gasteiger partial charge < -0.3 is 4.74 Å². The molecule has 0 bridgehead atoms. The Hall–Kier alpha value is -3.24. The van der Waals surface area contributed by atoms with E-state index in [2.05, 4.69) is 10.1 Å². The van der Waals surface area contributed by atoms with Gasteiger partial charge in [-0.15, -0.1) is 0 Å². The van der Waals surface area contributed by atoms with E-state index in [0.29, 0.717) is 24.0 Å². The molecule has 2 heterocycles. The van der Waals surface area contributed by atoms with Crippen molar-refractivity contribution in [1.82, 2.24) is 14.8 Å². The lowest BCUT2D eigenvalue weighted by atomic mass is 10.3. The molecule has 0 fully saturated rings. The molecule has 0 radical (unpaired) electrons. The monoisotopic (exact) mass is 470 g/mol. The quantitative estimate of drug-likeness (QED) is 0.372. The predicted molar refractivity (Wildman–Crippen MR) is 124 cm³/mol. The Morgan fingerprint density at radius 3 is 2.59 bits per heavy atom. The molecule has 2 aromatic carbocycles. The van der Waals surface area contributed by atoms with Gasteiger partial charge in [0.15, 0.2) is 15.0 Å². The van der Waals surface area contributed by atoms with E-state index in [9.17, 15) is 13.2 Å². The number of hydrogen-bond acceptors (Lipinski definition) is 7. The number of thiazole rings is 1. The molecule has 2 aromatic heterocycles. The smallest absolute Gasteiger partial charge is 0.229 e. The number of nitrogens with zero attached hydrogens (tertiary/aromatic N) is 4. The van der Waals surface area contributed by atoms with E-state index in [-0.39, 0.29) is 23.0 Å². The van der Waals surface area contributed by atoms with Crippen molar-refractivity contribution in [3.63, 3.8) is 0 Å². The highest BCUT2D eigenvalue weighted by molar-refractivity contribution is 7.91. The SMILES string of the molecule is COc1ccc(S(=O)(=O)CCC(=O)N(CCn2cccn2)c2nc3ccccc3s2)cc1. The van der Waals surface area contributed by atoms with Crippen LogP contribution in [0.5, 0.6) is 5.75 Å². The van der Waals surface area contributed by atoms with E-state index in [1.165, 1.54) is 30.6 Å². The van der Waals surface area contributed by atoms with E-state index >= 15 is 0 Å². The second-order valence-electron chi connectivity index (χ2n) is 7.02. The van der Waals surface area contributed by atoms with Gasteiger partial charge in [0, 0.05) is 25.4 Å². The van der Waals surface area contributed by atoms with Gasteiger partial charge in [0.1, 0.15) is 5.75 Å². The summed E-state index contributed by atoms with van der Waals surface area (Å²) in [7, 11) is -2.10. The topological polar surface area (TPSA) is 94.4 Å². The molecule has 4 aromatic rings. The van der Waals surface area contributed by atoms with Gasteiger partial charge in [-0.1, -0.05) is 23.5 Å². The van der Waals surface area contributed by atoms with Crippen molar-refractivity contribution in [2.24, 2.45) is 0 Å². The van der Waals surface area contributed by atoms with Crippen LogP contribution in [0.15, 0.2) is 71.9 Å². The number of carbonyl (C=O) groups is 1. The normalized spacial score (nSPS) is 11.5. The minimum absolute atomic E-state index is 0.149. The van der Waals surface area contributed by atoms with Crippen molar-refractivity contribution >= 4 is 42.4 Å². The average molecular weight is 471 g/mol. The van der Waals surface area contributed by atoms with E-state index in [0.717, 1.165) is 10.2 Å². The zero-order chi connectivity index (χ0) is 22.6. The number of hydrogen-bond donors (Lipinski definition) is 0. The lowest BCUT2D eigenvalue weighted by molar-refractivity contribution is -0.118. The molecule has 0 aliphatic carbocycles. The Labute approximate surface area is 190 Å². The number of rotatable bonds is 9. The molecule has 0 aliphatic rings. The minimum atomic E-state index is -3.62. The van der Waals surface area contributed by atoms with Gasteiger partial charge in [0.2, 0.25) is 5.91 Å². The number of aromatic nitrogens is 3. The fourth-order valence-electron chi connectivity index (χ4n) is 3.20. The highest BCUT2D eigenvalue weighted by Gasteiger charge is 2.23. The summed E-state index contributed by atoms with van der Waals surface area (Å²) in [4.78, 5) is 19.4. The van der Waals surface area contributed by atoms with Crippen molar-refractivity contribution in [3.8, 4) is 5.75 Å². The molecular weight excluding hydrogens is 448 g/mol. The number of methoxy groups -OCH3 is 1. The Morgan fingerprint density at radius 1 is 1.12 bits per heavy atom. The molecule has 0 spiro atoms. The van der Waals surface area contributed by atoms with Crippen molar-refractivity contribution in [2.45, 2.75) is 17.9 Å². The number of para-hydroxylation sites is 1. The molecule has 32 heavy (non-hydrogen) atoms. The Morgan fingerprint density at radius 2 is 1.91 bits per heavy atom. The molecule has 1 amide bonds. The Balaban J connectivity index is 1.52. The number of carbonyl (C=O) groups excluding carboxylic acids is 1. The fourth-order valence-corrected chi connectivity index (χ4v) is 5.43. The van der Waals surface area contributed by atoms with E-state index in [1.807, 2.05) is 36.5 Å². The lowest BCUT2D eigenvalue weighted by Gasteiger charge is -2.20. The molecule has 0 saturated heterocycles. The third-order valence-corrected chi connectivity index (χ3v) is 7.72. The predicted octanol–water partition coefficient (Wildman–Crippen LogP) is 3.40. The van der Waals surface area contributed by atoms with E-state index in [1.54, 1.807) is 27.9 Å². The standard InChI is InChI=1S/C22H22N4O4S2/c1-30-17-7-9-18(10-8-17)32(28,29)16-11-21(27)26(15-14-25-13-4-12-23-25)22-24-19-5-2-3-6-20(19)31-22/h2-10,12-13H,11,14-16H2,1H3. The van der Waals surface area contributed by atoms with Crippen LogP contribution in [0, 0.1) is 0 Å². The largest absolute Gasteiger partial charge is 0.497 e. The highest BCUT2D eigenvalue weighted by Crippen LogP contribution is 2.29. The van der Waals surface area contributed by atoms with Crippen LogP contribution in [0.1, 0.15) is 6.42 Å². The number of ether oxygens (including phenoxy) is 1. The molecule has 0 atom stereocenters. The molecule has 0 saturated carbocycles. The van der Waals surface area contributed by atoms with E-state index < -0.39 is 9.84 Å². The number of anilines is 1. The van der Waals surface area contributed by atoms with E-state index in [4.69, 9.17) is 4.74 Å². The second-order valence-corrected chi connectivity index (χ2v) is 10.1. The first-order valence-electron chi connectivity index (χ1n) is 9.96. The van der Waals surface area contributed by atoms with Crippen molar-refractivity contribution in [3.05, 3.63) is 67.0 Å². The first-order valence-corrected chi connectivity index (χ1v) is 12.4. The maximum Gasteiger partial charge on any atom is 0.229 e. The van der Waals surface area contributed by atoms with Gasteiger partial charge >= 0.3 is 0 Å². The Kier molecular flexibility index (Phi) is 6.52. The second kappa shape index (κ2) is 9.49. The fraction of sp³-hybridized carbons (Fsp3) is 0.227. The molecule has 0 N–H and O–H groups in total. The van der Waals surface area contributed by atoms with Crippen molar-refractivity contribution in [1.29, 1.82) is 0 Å². The van der Waals surface area contributed by atoms with Gasteiger partial charge in [0.25, 0.3) is 0 Å². The molecule has 0 unspecified atom stereocenters. The summed E-state index contributed by atoms with van der Waals surface area (Å²) in [5.74, 6) is -0.0182.